The molecule has 5 heteroatoms. The molecule has 1 heterocycles. The Bertz CT molecular complexity index is 745. The van der Waals surface area contributed by atoms with Gasteiger partial charge in [-0.1, -0.05) is 17.7 Å². The molecule has 0 unspecified atom stereocenters. The Balaban J connectivity index is 1.66. The van der Waals surface area contributed by atoms with Gasteiger partial charge in [0.15, 0.2) is 5.13 Å². The van der Waals surface area contributed by atoms with E-state index in [0.717, 1.165) is 21.7 Å². The van der Waals surface area contributed by atoms with Crippen LogP contribution in [0.5, 0.6) is 0 Å². The number of allylic oxidation sites excluding steroid dienone is 1. The highest BCUT2D eigenvalue weighted by molar-refractivity contribution is 7.15. The van der Waals surface area contributed by atoms with Crippen molar-refractivity contribution >= 4 is 22.4 Å². The number of carbonyl (C=O) groups excluding carboxylic acids is 1. The minimum atomic E-state index is -0.236. The van der Waals surface area contributed by atoms with Crippen molar-refractivity contribution in [2.24, 2.45) is 5.92 Å². The molecular weight excluding hydrogens is 311 g/mol. The number of aromatic nitrogens is 1. The number of nitrogens with zero attached hydrogens (tertiary/aromatic N) is 1. The number of halogens is 1. The van der Waals surface area contributed by atoms with E-state index in [0.29, 0.717) is 17.5 Å². The lowest BCUT2D eigenvalue weighted by Crippen LogP contribution is -2.08. The lowest BCUT2D eigenvalue weighted by atomic mass is 10.1. The molecule has 1 aromatic carbocycles. The molecule has 0 radical (unpaired) electrons. The van der Waals surface area contributed by atoms with Crippen LogP contribution in [0.25, 0.3) is 0 Å². The first-order valence-electron chi connectivity index (χ1n) is 7.71. The highest BCUT2D eigenvalue weighted by Gasteiger charge is 2.23. The number of aryl methyl sites for hydroxylation is 1. The van der Waals surface area contributed by atoms with E-state index in [4.69, 9.17) is 0 Å². The van der Waals surface area contributed by atoms with Gasteiger partial charge in [-0.3, -0.25) is 10.1 Å². The first-order valence-corrected chi connectivity index (χ1v) is 8.53. The average Bonchev–Trinajstić information content (AvgIpc) is 3.28. The van der Waals surface area contributed by atoms with Crippen molar-refractivity contribution in [3.05, 3.63) is 57.9 Å². The Morgan fingerprint density at radius 2 is 2.09 bits per heavy atom. The molecule has 2 aromatic rings. The summed E-state index contributed by atoms with van der Waals surface area (Å²) in [6, 6.07) is 6.46. The average molecular weight is 330 g/mol. The molecule has 1 amide bonds. The van der Waals surface area contributed by atoms with E-state index < -0.39 is 0 Å². The SMILES string of the molecule is CC(=CC(=O)Nc1nc(C)c(Cc2ccc(F)cc2)s1)C1CC1. The normalized spacial score (nSPS) is 14.8. The third kappa shape index (κ3) is 4.26. The minimum absolute atomic E-state index is 0.114. The van der Waals surface area contributed by atoms with Crippen molar-refractivity contribution in [3.8, 4) is 0 Å². The molecule has 120 valence electrons. The highest BCUT2D eigenvalue weighted by atomic mass is 32.1. The summed E-state index contributed by atoms with van der Waals surface area (Å²) in [5.74, 6) is 0.241. The van der Waals surface area contributed by atoms with E-state index in [1.807, 2.05) is 13.8 Å². The summed E-state index contributed by atoms with van der Waals surface area (Å²) in [7, 11) is 0. The Morgan fingerprint density at radius 1 is 1.39 bits per heavy atom. The van der Waals surface area contributed by atoms with Gasteiger partial charge in [-0.05, 0) is 50.3 Å². The van der Waals surface area contributed by atoms with Gasteiger partial charge in [-0.2, -0.15) is 0 Å². The molecule has 0 atom stereocenters. The molecule has 3 rings (SSSR count). The van der Waals surface area contributed by atoms with Crippen LogP contribution >= 0.6 is 11.3 Å². The maximum atomic E-state index is 13.0. The molecule has 1 aliphatic rings. The molecule has 1 N–H and O–H groups in total. The van der Waals surface area contributed by atoms with Crippen molar-refractivity contribution in [2.45, 2.75) is 33.1 Å². The van der Waals surface area contributed by atoms with E-state index in [2.05, 4.69) is 10.3 Å². The summed E-state index contributed by atoms with van der Waals surface area (Å²) in [5.41, 5.74) is 3.07. The summed E-state index contributed by atoms with van der Waals surface area (Å²) in [5, 5.41) is 3.46. The lowest BCUT2D eigenvalue weighted by molar-refractivity contribution is -0.112. The molecule has 1 fully saturated rings. The van der Waals surface area contributed by atoms with E-state index in [-0.39, 0.29) is 11.7 Å². The van der Waals surface area contributed by atoms with Crippen LogP contribution in [-0.4, -0.2) is 10.9 Å². The fraction of sp³-hybridized carbons (Fsp3) is 0.333. The zero-order valence-corrected chi connectivity index (χ0v) is 14.0. The van der Waals surface area contributed by atoms with Crippen LogP contribution in [0.4, 0.5) is 9.52 Å². The molecule has 0 bridgehead atoms. The van der Waals surface area contributed by atoms with Crippen LogP contribution in [0.15, 0.2) is 35.9 Å². The maximum absolute atomic E-state index is 13.0. The van der Waals surface area contributed by atoms with Crippen LogP contribution in [0.1, 0.15) is 35.9 Å². The van der Waals surface area contributed by atoms with Gasteiger partial charge in [0.25, 0.3) is 0 Å². The Hall–Kier alpha value is -2.01. The van der Waals surface area contributed by atoms with Crippen molar-refractivity contribution < 1.29 is 9.18 Å². The van der Waals surface area contributed by atoms with Crippen LogP contribution in [0, 0.1) is 18.7 Å². The minimum Gasteiger partial charge on any atom is -0.298 e. The quantitative estimate of drug-likeness (QED) is 0.822. The van der Waals surface area contributed by atoms with Gasteiger partial charge in [0.05, 0.1) is 5.69 Å². The smallest absolute Gasteiger partial charge is 0.250 e. The third-order valence-electron chi connectivity index (χ3n) is 3.98. The molecular formula is C18H19FN2OS. The number of hydrogen-bond acceptors (Lipinski definition) is 3. The zero-order valence-electron chi connectivity index (χ0n) is 13.2. The molecule has 0 saturated heterocycles. The highest BCUT2D eigenvalue weighted by Crippen LogP contribution is 2.36. The second kappa shape index (κ2) is 6.62. The van der Waals surface area contributed by atoms with Crippen molar-refractivity contribution in [2.75, 3.05) is 5.32 Å². The van der Waals surface area contributed by atoms with E-state index >= 15 is 0 Å². The number of carbonyl (C=O) groups is 1. The van der Waals surface area contributed by atoms with E-state index in [1.165, 1.54) is 36.3 Å². The van der Waals surface area contributed by atoms with Crippen LogP contribution < -0.4 is 5.32 Å². The van der Waals surface area contributed by atoms with E-state index in [1.54, 1.807) is 18.2 Å². The second-order valence-corrected chi connectivity index (χ2v) is 7.07. The zero-order chi connectivity index (χ0) is 16.4. The predicted molar refractivity (Wildman–Crippen MR) is 91.2 cm³/mol. The fourth-order valence-electron chi connectivity index (χ4n) is 2.44. The number of amides is 1. The molecule has 23 heavy (non-hydrogen) atoms. The number of nitrogens with one attached hydrogen (secondary N) is 1. The Morgan fingerprint density at radius 3 is 2.74 bits per heavy atom. The monoisotopic (exact) mass is 330 g/mol. The largest absolute Gasteiger partial charge is 0.298 e. The summed E-state index contributed by atoms with van der Waals surface area (Å²) in [6.07, 6.45) is 4.74. The van der Waals surface area contributed by atoms with Crippen molar-refractivity contribution in [1.82, 2.24) is 4.98 Å². The topological polar surface area (TPSA) is 42.0 Å². The predicted octanol–water partition coefficient (Wildman–Crippen LogP) is 4.48. The fourth-order valence-corrected chi connectivity index (χ4v) is 3.44. The summed E-state index contributed by atoms with van der Waals surface area (Å²) < 4.78 is 13.0. The van der Waals surface area contributed by atoms with Gasteiger partial charge in [-0.15, -0.1) is 11.3 Å². The van der Waals surface area contributed by atoms with Gasteiger partial charge >= 0.3 is 0 Å². The van der Waals surface area contributed by atoms with Crippen LogP contribution in [-0.2, 0) is 11.2 Å². The van der Waals surface area contributed by atoms with Gasteiger partial charge < -0.3 is 0 Å². The Kier molecular flexibility index (Phi) is 4.57. The molecule has 1 aromatic heterocycles. The Labute approximate surface area is 139 Å². The van der Waals surface area contributed by atoms with E-state index in [9.17, 15) is 9.18 Å². The van der Waals surface area contributed by atoms with Crippen LogP contribution in [0.3, 0.4) is 0 Å². The summed E-state index contributed by atoms with van der Waals surface area (Å²) in [6.45, 7) is 3.93. The number of hydrogen-bond donors (Lipinski definition) is 1. The van der Waals surface area contributed by atoms with Gasteiger partial charge in [0.1, 0.15) is 5.82 Å². The maximum Gasteiger partial charge on any atom is 0.250 e. The molecule has 3 nitrogen and oxygen atoms in total. The van der Waals surface area contributed by atoms with Crippen LogP contribution in [0.2, 0.25) is 0 Å². The number of thiazole rings is 1. The lowest BCUT2D eigenvalue weighted by Gasteiger charge is -1.99. The number of benzene rings is 1. The first-order chi connectivity index (χ1) is 11.0. The number of anilines is 1. The van der Waals surface area contributed by atoms with Gasteiger partial charge in [0, 0.05) is 17.4 Å². The van der Waals surface area contributed by atoms with Gasteiger partial charge in [0.2, 0.25) is 5.91 Å². The third-order valence-corrected chi connectivity index (χ3v) is 5.05. The second-order valence-electron chi connectivity index (χ2n) is 5.98. The van der Waals surface area contributed by atoms with Crippen molar-refractivity contribution in [1.29, 1.82) is 0 Å². The molecule has 1 aliphatic carbocycles. The van der Waals surface area contributed by atoms with Gasteiger partial charge in [-0.25, -0.2) is 9.37 Å². The van der Waals surface area contributed by atoms with Crippen molar-refractivity contribution in [3.63, 3.8) is 0 Å². The molecule has 1 saturated carbocycles. The summed E-state index contributed by atoms with van der Waals surface area (Å²) in [4.78, 5) is 17.5. The molecule has 0 spiro atoms. The standard InChI is InChI=1S/C18H19FN2OS/c1-11(14-5-6-14)9-17(22)21-18-20-12(2)16(23-18)10-13-3-7-15(19)8-4-13/h3-4,7-9,14H,5-6,10H2,1-2H3,(H,20,21,22). The first kappa shape index (κ1) is 15.9. The summed E-state index contributed by atoms with van der Waals surface area (Å²) >= 11 is 1.47. The number of rotatable bonds is 5. The molecule has 0 aliphatic heterocycles.